The molecule has 1 atom stereocenters. The lowest BCUT2D eigenvalue weighted by molar-refractivity contribution is -0.311. The summed E-state index contributed by atoms with van der Waals surface area (Å²) in [5.41, 5.74) is 0.630. The predicted molar refractivity (Wildman–Crippen MR) is 91.0 cm³/mol. The number of thioether (sulfide) groups is 1. The smallest absolute Gasteiger partial charge is 0.266 e. The number of nitrogens with zero attached hydrogens (tertiary/aromatic N) is 1. The first-order valence-electron chi connectivity index (χ1n) is 7.16. The van der Waals surface area contributed by atoms with Crippen molar-refractivity contribution < 1.29 is 29.3 Å². The molecule has 0 aromatic heterocycles. The molecule has 1 fully saturated rings. The summed E-state index contributed by atoms with van der Waals surface area (Å²) in [6.45, 7) is 0. The Morgan fingerprint density at radius 1 is 1.36 bits per heavy atom. The minimum atomic E-state index is -1.57. The van der Waals surface area contributed by atoms with Crippen LogP contribution in [0.25, 0.3) is 6.08 Å². The van der Waals surface area contributed by atoms with E-state index in [9.17, 15) is 24.6 Å². The normalized spacial score (nSPS) is 17.0. The first-order chi connectivity index (χ1) is 11.8. The van der Waals surface area contributed by atoms with Crippen LogP contribution in [0.15, 0.2) is 29.2 Å². The fourth-order valence-corrected chi connectivity index (χ4v) is 3.63. The number of carboxylic acid groups (broad SMARTS) is 2. The van der Waals surface area contributed by atoms with E-state index in [1.54, 1.807) is 30.3 Å². The van der Waals surface area contributed by atoms with Gasteiger partial charge in [0.25, 0.3) is 5.91 Å². The summed E-state index contributed by atoms with van der Waals surface area (Å²) < 4.78 is 5.23. The fourth-order valence-electron chi connectivity index (χ4n) is 2.28. The summed E-state index contributed by atoms with van der Waals surface area (Å²) in [6.07, 6.45) is 0.670. The van der Waals surface area contributed by atoms with Crippen molar-refractivity contribution in [1.82, 2.24) is 4.90 Å². The second kappa shape index (κ2) is 8.13. The number of thiocarbonyl (C=S) groups is 1. The van der Waals surface area contributed by atoms with Crippen LogP contribution in [0.2, 0.25) is 0 Å². The van der Waals surface area contributed by atoms with Crippen molar-refractivity contribution in [2.75, 3.05) is 7.11 Å². The molecule has 0 radical (unpaired) electrons. The highest BCUT2D eigenvalue weighted by Crippen LogP contribution is 2.36. The first-order valence-corrected chi connectivity index (χ1v) is 8.38. The van der Waals surface area contributed by atoms with Gasteiger partial charge in [0, 0.05) is 11.5 Å². The molecule has 0 N–H and O–H groups in total. The van der Waals surface area contributed by atoms with E-state index >= 15 is 0 Å². The summed E-state index contributed by atoms with van der Waals surface area (Å²) in [7, 11) is 1.49. The Labute approximate surface area is 153 Å². The quantitative estimate of drug-likeness (QED) is 0.463. The van der Waals surface area contributed by atoms with Crippen molar-refractivity contribution in [3.63, 3.8) is 0 Å². The van der Waals surface area contributed by atoms with Crippen LogP contribution in [-0.4, -0.2) is 40.2 Å². The van der Waals surface area contributed by atoms with Crippen LogP contribution in [0.3, 0.4) is 0 Å². The van der Waals surface area contributed by atoms with E-state index in [0.29, 0.717) is 11.3 Å². The monoisotopic (exact) mass is 379 g/mol. The molecule has 25 heavy (non-hydrogen) atoms. The molecule has 0 unspecified atom stereocenters. The SMILES string of the molecule is COc1ccccc1/C=C1/SC(=S)N([C@@H](CCC(=O)[O-])C(=O)[O-])C1=O. The van der Waals surface area contributed by atoms with Gasteiger partial charge in [-0.15, -0.1) is 0 Å². The molecule has 2 rings (SSSR count). The predicted octanol–water partition coefficient (Wildman–Crippen LogP) is -0.455. The number of aliphatic carboxylic acids is 2. The van der Waals surface area contributed by atoms with Gasteiger partial charge in [-0.2, -0.15) is 0 Å². The van der Waals surface area contributed by atoms with Crippen molar-refractivity contribution in [1.29, 1.82) is 0 Å². The van der Waals surface area contributed by atoms with Gasteiger partial charge in [0.1, 0.15) is 10.1 Å². The van der Waals surface area contributed by atoms with Gasteiger partial charge in [-0.1, -0.05) is 42.2 Å². The van der Waals surface area contributed by atoms with E-state index in [1.165, 1.54) is 7.11 Å². The van der Waals surface area contributed by atoms with Gasteiger partial charge >= 0.3 is 0 Å². The van der Waals surface area contributed by atoms with Crippen LogP contribution in [-0.2, 0) is 14.4 Å². The van der Waals surface area contributed by atoms with Crippen molar-refractivity contribution in [2.45, 2.75) is 18.9 Å². The zero-order valence-electron chi connectivity index (χ0n) is 13.1. The number of hydrogen-bond acceptors (Lipinski definition) is 8. The number of carboxylic acids is 2. The van der Waals surface area contributed by atoms with Crippen LogP contribution in [0.5, 0.6) is 5.75 Å². The summed E-state index contributed by atoms with van der Waals surface area (Å²) in [5, 5.41) is 21.9. The Balaban J connectivity index is 2.30. The van der Waals surface area contributed by atoms with Gasteiger partial charge in [-0.05, 0) is 25.0 Å². The first kappa shape index (κ1) is 18.9. The average Bonchev–Trinajstić information content (AvgIpc) is 2.82. The van der Waals surface area contributed by atoms with Gasteiger partial charge < -0.3 is 24.5 Å². The fraction of sp³-hybridized carbons (Fsp3) is 0.250. The maximum atomic E-state index is 12.6. The molecule has 9 heteroatoms. The molecular formula is C16H13NO6S2-2. The molecule has 7 nitrogen and oxygen atoms in total. The van der Waals surface area contributed by atoms with E-state index in [1.807, 2.05) is 0 Å². The second-order valence-electron chi connectivity index (χ2n) is 5.04. The molecule has 1 saturated heterocycles. The second-order valence-corrected chi connectivity index (χ2v) is 6.71. The highest BCUT2D eigenvalue weighted by atomic mass is 32.2. The van der Waals surface area contributed by atoms with E-state index in [4.69, 9.17) is 17.0 Å². The summed E-state index contributed by atoms with van der Waals surface area (Å²) in [6, 6.07) is 5.52. The van der Waals surface area contributed by atoms with Crippen LogP contribution in [0, 0.1) is 0 Å². The molecule has 0 bridgehead atoms. The van der Waals surface area contributed by atoms with Gasteiger partial charge in [-0.3, -0.25) is 9.69 Å². The van der Waals surface area contributed by atoms with Crippen molar-refractivity contribution >= 4 is 52.2 Å². The molecule has 1 heterocycles. The maximum absolute atomic E-state index is 12.6. The maximum Gasteiger partial charge on any atom is 0.266 e. The number of amides is 1. The summed E-state index contributed by atoms with van der Waals surface area (Å²) in [4.78, 5) is 35.6. The number of carbonyl (C=O) groups is 3. The topological polar surface area (TPSA) is 110 Å². The molecule has 0 aliphatic carbocycles. The zero-order chi connectivity index (χ0) is 18.6. The summed E-state index contributed by atoms with van der Waals surface area (Å²) >= 11 is 6.02. The van der Waals surface area contributed by atoms with Gasteiger partial charge in [0.05, 0.1) is 24.0 Å². The zero-order valence-corrected chi connectivity index (χ0v) is 14.7. The van der Waals surface area contributed by atoms with E-state index < -0.39 is 30.3 Å². The minimum Gasteiger partial charge on any atom is -0.550 e. The Kier molecular flexibility index (Phi) is 6.16. The highest BCUT2D eigenvalue weighted by Gasteiger charge is 2.37. The third-order valence-electron chi connectivity index (χ3n) is 3.45. The Morgan fingerprint density at radius 2 is 2.04 bits per heavy atom. The Hall–Kier alpha value is -2.39. The van der Waals surface area contributed by atoms with Gasteiger partial charge in [-0.25, -0.2) is 0 Å². The number of hydrogen-bond donors (Lipinski definition) is 0. The molecule has 0 spiro atoms. The number of ether oxygens (including phenoxy) is 1. The minimum absolute atomic E-state index is 0.0266. The number of carbonyl (C=O) groups excluding carboxylic acids is 3. The molecule has 1 aliphatic rings. The van der Waals surface area contributed by atoms with E-state index in [2.05, 4.69) is 0 Å². The van der Waals surface area contributed by atoms with E-state index in [-0.39, 0.29) is 15.6 Å². The lowest BCUT2D eigenvalue weighted by atomic mass is 10.1. The third-order valence-corrected chi connectivity index (χ3v) is 4.79. The van der Waals surface area contributed by atoms with Crippen molar-refractivity contribution in [3.8, 4) is 5.75 Å². The van der Waals surface area contributed by atoms with Crippen molar-refractivity contribution in [3.05, 3.63) is 34.7 Å². The molecule has 1 aliphatic heterocycles. The largest absolute Gasteiger partial charge is 0.550 e. The lowest BCUT2D eigenvalue weighted by Gasteiger charge is -2.27. The number of benzene rings is 1. The standard InChI is InChI=1S/C16H15NO6S2/c1-23-11-5-3-2-4-9(11)8-12-14(20)17(16(24)25-12)10(15(21)22)6-7-13(18)19/h2-5,8,10H,6-7H2,1H3,(H,18,19)(H,21,22)/p-2/b12-8+/t10-/m0/s1. The molecule has 1 amide bonds. The molecule has 1 aromatic rings. The number of para-hydroxylation sites is 1. The van der Waals surface area contributed by atoms with Crippen LogP contribution < -0.4 is 14.9 Å². The molecule has 1 aromatic carbocycles. The number of methoxy groups -OCH3 is 1. The third kappa shape index (κ3) is 4.37. The van der Waals surface area contributed by atoms with Crippen LogP contribution in [0.4, 0.5) is 0 Å². The molecular weight excluding hydrogens is 366 g/mol. The Bertz CT molecular complexity index is 761. The van der Waals surface area contributed by atoms with Gasteiger partial charge in [0.2, 0.25) is 0 Å². The Morgan fingerprint density at radius 3 is 2.64 bits per heavy atom. The number of rotatable bonds is 7. The van der Waals surface area contributed by atoms with Crippen molar-refractivity contribution in [2.24, 2.45) is 0 Å². The lowest BCUT2D eigenvalue weighted by Crippen LogP contribution is -2.50. The molecule has 132 valence electrons. The molecule has 0 saturated carbocycles. The van der Waals surface area contributed by atoms with Crippen LogP contribution >= 0.6 is 24.0 Å². The summed E-state index contributed by atoms with van der Waals surface area (Å²) in [5.74, 6) is -3.06. The van der Waals surface area contributed by atoms with E-state index in [0.717, 1.165) is 16.7 Å². The van der Waals surface area contributed by atoms with Gasteiger partial charge in [0.15, 0.2) is 0 Å². The van der Waals surface area contributed by atoms with Crippen LogP contribution in [0.1, 0.15) is 18.4 Å². The highest BCUT2D eigenvalue weighted by molar-refractivity contribution is 8.26. The average molecular weight is 379 g/mol.